The number of carboxylic acids is 1. The van der Waals surface area contributed by atoms with E-state index in [2.05, 4.69) is 6.92 Å². The molecule has 0 aromatic carbocycles. The van der Waals surface area contributed by atoms with Crippen molar-refractivity contribution in [3.63, 3.8) is 0 Å². The van der Waals surface area contributed by atoms with Gasteiger partial charge in [0.25, 0.3) is 5.91 Å². The summed E-state index contributed by atoms with van der Waals surface area (Å²) in [4.78, 5) is 26.3. The number of aryl methyl sites for hydroxylation is 1. The lowest BCUT2D eigenvalue weighted by Crippen LogP contribution is -2.40. The number of carbonyl (C=O) groups excluding carboxylic acids is 1. The molecule has 0 spiro atoms. The highest BCUT2D eigenvalue weighted by Crippen LogP contribution is 2.36. The van der Waals surface area contributed by atoms with Gasteiger partial charge in [0.05, 0.1) is 10.9 Å². The van der Waals surface area contributed by atoms with E-state index < -0.39 is 5.97 Å². The second kappa shape index (κ2) is 6.20. The van der Waals surface area contributed by atoms with E-state index in [-0.39, 0.29) is 16.8 Å². The Balaban J connectivity index is 1.88. The highest BCUT2D eigenvalue weighted by atomic mass is 32.1. The maximum atomic E-state index is 12.8. The fourth-order valence-corrected chi connectivity index (χ4v) is 3.80. The average molecular weight is 333 g/mol. The first-order valence-corrected chi connectivity index (χ1v) is 8.48. The van der Waals surface area contributed by atoms with E-state index in [9.17, 15) is 9.59 Å². The zero-order chi connectivity index (χ0) is 16.6. The van der Waals surface area contributed by atoms with E-state index in [0.717, 1.165) is 35.7 Å². The van der Waals surface area contributed by atoms with Crippen LogP contribution in [0.5, 0.6) is 0 Å². The summed E-state index contributed by atoms with van der Waals surface area (Å²) in [7, 11) is 0. The van der Waals surface area contributed by atoms with Gasteiger partial charge in [-0.2, -0.15) is 0 Å². The summed E-state index contributed by atoms with van der Waals surface area (Å²) in [5.74, 6) is 1.03. The molecule has 122 valence electrons. The quantitative estimate of drug-likeness (QED) is 0.923. The van der Waals surface area contributed by atoms with Crippen molar-refractivity contribution in [2.24, 2.45) is 5.92 Å². The van der Waals surface area contributed by atoms with E-state index >= 15 is 0 Å². The molecular formula is C17H19NO4S. The summed E-state index contributed by atoms with van der Waals surface area (Å²) < 4.78 is 5.75. The van der Waals surface area contributed by atoms with Gasteiger partial charge in [-0.3, -0.25) is 4.79 Å². The number of nitrogens with zero attached hydrogens (tertiary/aromatic N) is 1. The molecule has 0 saturated carbocycles. The van der Waals surface area contributed by atoms with Crippen molar-refractivity contribution in [2.45, 2.75) is 32.7 Å². The number of carbonyl (C=O) groups is 2. The Bertz CT molecular complexity index is 733. The van der Waals surface area contributed by atoms with E-state index in [4.69, 9.17) is 9.52 Å². The summed E-state index contributed by atoms with van der Waals surface area (Å²) in [6.45, 7) is 4.73. The summed E-state index contributed by atoms with van der Waals surface area (Å²) in [6.07, 6.45) is 1.80. The van der Waals surface area contributed by atoms with Gasteiger partial charge in [-0.1, -0.05) is 6.92 Å². The van der Waals surface area contributed by atoms with Crippen LogP contribution in [0, 0.1) is 12.8 Å². The van der Waals surface area contributed by atoms with Crippen molar-refractivity contribution in [1.29, 1.82) is 0 Å². The maximum absolute atomic E-state index is 12.8. The van der Waals surface area contributed by atoms with Crippen LogP contribution in [0.3, 0.4) is 0 Å². The third kappa shape index (κ3) is 3.17. The molecular weight excluding hydrogens is 314 g/mol. The lowest BCUT2D eigenvalue weighted by Gasteiger charge is -2.37. The normalized spacial score (nSPS) is 21.4. The first-order chi connectivity index (χ1) is 11.0. The van der Waals surface area contributed by atoms with E-state index in [1.807, 2.05) is 24.0 Å². The number of aromatic carboxylic acids is 1. The lowest BCUT2D eigenvalue weighted by atomic mass is 9.91. The minimum atomic E-state index is -1.00. The summed E-state index contributed by atoms with van der Waals surface area (Å²) in [6, 6.07) is 6.83. The van der Waals surface area contributed by atoms with Gasteiger partial charge in [-0.05, 0) is 49.9 Å². The van der Waals surface area contributed by atoms with Crippen molar-refractivity contribution in [3.8, 4) is 0 Å². The van der Waals surface area contributed by atoms with Crippen LogP contribution in [0.2, 0.25) is 0 Å². The monoisotopic (exact) mass is 333 g/mol. The topological polar surface area (TPSA) is 70.8 Å². The second-order valence-electron chi connectivity index (χ2n) is 6.06. The molecule has 1 saturated heterocycles. The lowest BCUT2D eigenvalue weighted by molar-refractivity contribution is 0.0524. The number of furan rings is 1. The van der Waals surface area contributed by atoms with E-state index in [1.54, 1.807) is 6.07 Å². The number of hydrogen-bond acceptors (Lipinski definition) is 4. The van der Waals surface area contributed by atoms with Crippen molar-refractivity contribution in [2.75, 3.05) is 6.54 Å². The zero-order valence-electron chi connectivity index (χ0n) is 13.1. The fraction of sp³-hybridized carbons (Fsp3) is 0.412. The molecule has 1 aliphatic rings. The summed E-state index contributed by atoms with van der Waals surface area (Å²) >= 11 is 1.02. The average Bonchev–Trinajstić information content (AvgIpc) is 3.15. The predicted octanol–water partition coefficient (Wildman–Crippen LogP) is 3.96. The Morgan fingerprint density at radius 1 is 1.26 bits per heavy atom. The van der Waals surface area contributed by atoms with E-state index in [0.29, 0.717) is 17.3 Å². The molecule has 2 atom stereocenters. The largest absolute Gasteiger partial charge is 0.477 e. The molecule has 23 heavy (non-hydrogen) atoms. The van der Waals surface area contributed by atoms with Gasteiger partial charge in [0, 0.05) is 6.54 Å². The van der Waals surface area contributed by atoms with Crippen LogP contribution < -0.4 is 0 Å². The Labute approximate surface area is 138 Å². The molecule has 0 aliphatic carbocycles. The van der Waals surface area contributed by atoms with Gasteiger partial charge in [-0.25, -0.2) is 4.79 Å². The molecule has 0 radical (unpaired) electrons. The first kappa shape index (κ1) is 15.8. The van der Waals surface area contributed by atoms with Crippen LogP contribution in [0.1, 0.15) is 56.7 Å². The highest BCUT2D eigenvalue weighted by Gasteiger charge is 2.34. The molecule has 5 nitrogen and oxygen atoms in total. The SMILES string of the molecule is Cc1ccc(C2CC(C)CCN2C(=O)c2ccc(C(=O)O)s2)o1. The van der Waals surface area contributed by atoms with Crippen molar-refractivity contribution >= 4 is 23.2 Å². The van der Waals surface area contributed by atoms with Crippen molar-refractivity contribution in [1.82, 2.24) is 4.90 Å². The Morgan fingerprint density at radius 3 is 2.61 bits per heavy atom. The fourth-order valence-electron chi connectivity index (χ4n) is 3.00. The zero-order valence-corrected chi connectivity index (χ0v) is 13.9. The predicted molar refractivity (Wildman–Crippen MR) is 86.9 cm³/mol. The summed E-state index contributed by atoms with van der Waals surface area (Å²) in [5.41, 5.74) is 0. The van der Waals surface area contributed by atoms with Crippen LogP contribution >= 0.6 is 11.3 Å². The van der Waals surface area contributed by atoms with Crippen LogP contribution in [0.25, 0.3) is 0 Å². The first-order valence-electron chi connectivity index (χ1n) is 7.66. The molecule has 2 unspecified atom stereocenters. The van der Waals surface area contributed by atoms with Crippen molar-refractivity contribution in [3.05, 3.63) is 45.5 Å². The third-order valence-electron chi connectivity index (χ3n) is 4.24. The Kier molecular flexibility index (Phi) is 4.26. The number of carboxylic acid groups (broad SMARTS) is 1. The number of hydrogen-bond donors (Lipinski definition) is 1. The number of piperidine rings is 1. The Hall–Kier alpha value is -2.08. The van der Waals surface area contributed by atoms with Gasteiger partial charge in [-0.15, -0.1) is 11.3 Å². The van der Waals surface area contributed by atoms with Gasteiger partial charge in [0.1, 0.15) is 16.4 Å². The third-order valence-corrected chi connectivity index (χ3v) is 5.30. The second-order valence-corrected chi connectivity index (χ2v) is 7.15. The molecule has 1 amide bonds. The Morgan fingerprint density at radius 2 is 2.00 bits per heavy atom. The van der Waals surface area contributed by atoms with Crippen LogP contribution in [0.15, 0.2) is 28.7 Å². The molecule has 6 heteroatoms. The number of likely N-dealkylation sites (tertiary alicyclic amines) is 1. The minimum absolute atomic E-state index is 0.0877. The minimum Gasteiger partial charge on any atom is -0.477 e. The van der Waals surface area contributed by atoms with Gasteiger partial charge in [0.2, 0.25) is 0 Å². The summed E-state index contributed by atoms with van der Waals surface area (Å²) in [5, 5.41) is 9.03. The van der Waals surface area contributed by atoms with Gasteiger partial charge in [0.15, 0.2) is 0 Å². The van der Waals surface area contributed by atoms with E-state index in [1.165, 1.54) is 6.07 Å². The molecule has 1 N–H and O–H groups in total. The number of amides is 1. The van der Waals surface area contributed by atoms with Crippen LogP contribution in [0.4, 0.5) is 0 Å². The highest BCUT2D eigenvalue weighted by molar-refractivity contribution is 7.15. The number of rotatable bonds is 3. The molecule has 1 aliphatic heterocycles. The molecule has 2 aromatic rings. The smallest absolute Gasteiger partial charge is 0.345 e. The number of thiophene rings is 1. The molecule has 3 heterocycles. The molecule has 1 fully saturated rings. The molecule has 3 rings (SSSR count). The van der Waals surface area contributed by atoms with Gasteiger partial charge >= 0.3 is 5.97 Å². The molecule has 0 bridgehead atoms. The standard InChI is InChI=1S/C17H19NO4S/c1-10-7-8-18(12(9-10)13-4-3-11(2)22-13)16(19)14-5-6-15(23-14)17(20)21/h3-6,10,12H,7-9H2,1-2H3,(H,20,21). The van der Waals surface area contributed by atoms with Crippen LogP contribution in [-0.2, 0) is 0 Å². The van der Waals surface area contributed by atoms with Crippen LogP contribution in [-0.4, -0.2) is 28.4 Å². The maximum Gasteiger partial charge on any atom is 0.345 e. The van der Waals surface area contributed by atoms with Gasteiger partial charge < -0.3 is 14.4 Å². The van der Waals surface area contributed by atoms with Crippen molar-refractivity contribution < 1.29 is 19.1 Å². The molecule has 2 aromatic heterocycles.